The molecule has 1 aliphatic carbocycles. The molecule has 1 aromatic heterocycles. The van der Waals surface area contributed by atoms with Crippen molar-refractivity contribution in [1.82, 2.24) is 14.6 Å². The van der Waals surface area contributed by atoms with Crippen molar-refractivity contribution in [3.63, 3.8) is 0 Å². The van der Waals surface area contributed by atoms with Gasteiger partial charge < -0.3 is 19.8 Å². The molecule has 2 fully saturated rings. The number of nitro groups is 1. The van der Waals surface area contributed by atoms with Gasteiger partial charge in [0, 0.05) is 54.4 Å². The SMILES string of the molecule is O=C(NS(=O)(=O)c1ccc(NC2CCC(N3CCOCC3)CC2)c([N+](=O)[O-])c1)c1ccccc1Oc1cc2cc[nH]c2cc1F. The number of hydrogen-bond donors (Lipinski definition) is 3. The molecule has 1 saturated heterocycles. The van der Waals surface area contributed by atoms with Crippen molar-refractivity contribution in [3.8, 4) is 11.5 Å². The monoisotopic (exact) mass is 637 g/mol. The zero-order chi connectivity index (χ0) is 31.6. The van der Waals surface area contributed by atoms with Gasteiger partial charge in [-0.1, -0.05) is 12.1 Å². The highest BCUT2D eigenvalue weighted by Gasteiger charge is 2.30. The van der Waals surface area contributed by atoms with Crippen molar-refractivity contribution in [2.24, 2.45) is 0 Å². The number of ether oxygens (including phenoxy) is 2. The molecule has 3 aromatic carbocycles. The van der Waals surface area contributed by atoms with E-state index < -0.39 is 37.3 Å². The van der Waals surface area contributed by atoms with Gasteiger partial charge in [0.15, 0.2) is 11.6 Å². The van der Waals surface area contributed by atoms with Crippen molar-refractivity contribution in [2.75, 3.05) is 31.6 Å². The molecule has 236 valence electrons. The normalized spacial score (nSPS) is 19.2. The van der Waals surface area contributed by atoms with Crippen LogP contribution in [0.3, 0.4) is 0 Å². The van der Waals surface area contributed by atoms with Crippen LogP contribution < -0.4 is 14.8 Å². The summed E-state index contributed by atoms with van der Waals surface area (Å²) >= 11 is 0. The van der Waals surface area contributed by atoms with Gasteiger partial charge in [-0.05, 0) is 62.1 Å². The third kappa shape index (κ3) is 6.77. The first kappa shape index (κ1) is 30.5. The number of nitrogens with zero attached hydrogens (tertiary/aromatic N) is 2. The first-order valence-corrected chi connectivity index (χ1v) is 16.1. The van der Waals surface area contributed by atoms with E-state index in [2.05, 4.69) is 15.2 Å². The Labute approximate surface area is 258 Å². The molecular weight excluding hydrogens is 605 g/mol. The number of hydrogen-bond acceptors (Lipinski definition) is 9. The number of nitrogens with one attached hydrogen (secondary N) is 3. The van der Waals surface area contributed by atoms with E-state index in [1.807, 2.05) is 4.72 Å². The number of sulfonamides is 1. The summed E-state index contributed by atoms with van der Waals surface area (Å²) in [4.78, 5) is 29.4. The van der Waals surface area contributed by atoms with Crippen LogP contribution in [0.5, 0.6) is 11.5 Å². The maximum atomic E-state index is 14.7. The maximum Gasteiger partial charge on any atom is 0.293 e. The minimum Gasteiger partial charge on any atom is -0.453 e. The van der Waals surface area contributed by atoms with Crippen LogP contribution in [0.1, 0.15) is 36.0 Å². The van der Waals surface area contributed by atoms with Crippen molar-refractivity contribution >= 4 is 38.2 Å². The first-order chi connectivity index (χ1) is 21.7. The predicted octanol–water partition coefficient (Wildman–Crippen LogP) is 5.18. The second kappa shape index (κ2) is 12.8. The molecule has 0 bridgehead atoms. The van der Waals surface area contributed by atoms with Crippen molar-refractivity contribution in [2.45, 2.75) is 42.7 Å². The molecule has 45 heavy (non-hydrogen) atoms. The molecule has 1 saturated carbocycles. The second-order valence-electron chi connectivity index (χ2n) is 11.1. The quantitative estimate of drug-likeness (QED) is 0.166. The van der Waals surface area contributed by atoms with Gasteiger partial charge in [-0.25, -0.2) is 17.5 Å². The summed E-state index contributed by atoms with van der Waals surface area (Å²) in [5, 5.41) is 15.9. The summed E-state index contributed by atoms with van der Waals surface area (Å²) < 4.78 is 54.2. The number of para-hydroxylation sites is 1. The van der Waals surface area contributed by atoms with E-state index in [-0.39, 0.29) is 28.8 Å². The number of carbonyl (C=O) groups is 1. The molecule has 1 aliphatic heterocycles. The summed E-state index contributed by atoms with van der Waals surface area (Å²) in [5.74, 6) is -1.96. The van der Waals surface area contributed by atoms with Crippen molar-refractivity contribution in [1.29, 1.82) is 0 Å². The smallest absolute Gasteiger partial charge is 0.293 e. The van der Waals surface area contributed by atoms with Crippen LogP contribution >= 0.6 is 0 Å². The molecule has 4 aromatic rings. The lowest BCUT2D eigenvalue weighted by Gasteiger charge is -2.39. The highest BCUT2D eigenvalue weighted by molar-refractivity contribution is 7.90. The lowest BCUT2D eigenvalue weighted by Crippen LogP contribution is -2.46. The Morgan fingerprint density at radius 2 is 1.78 bits per heavy atom. The number of fused-ring (bicyclic) bond motifs is 1. The van der Waals surface area contributed by atoms with Gasteiger partial charge in [-0.2, -0.15) is 0 Å². The van der Waals surface area contributed by atoms with E-state index in [1.54, 1.807) is 18.3 Å². The minimum absolute atomic E-state index is 0.00226. The molecule has 0 atom stereocenters. The standard InChI is InChI=1S/C31H32FN5O7S/c32-25-19-27-20(11-12-33-27)17-30(25)44-29-4-2-1-3-24(29)31(38)35-45(41,42)23-9-10-26(28(18-23)37(39)40)34-21-5-7-22(8-6-21)36-13-15-43-16-14-36/h1-4,9-12,17-19,21-22,33-34H,5-8,13-16H2,(H,35,38). The molecule has 6 rings (SSSR count). The lowest BCUT2D eigenvalue weighted by atomic mass is 9.89. The molecule has 2 aliphatic rings. The van der Waals surface area contributed by atoms with E-state index >= 15 is 0 Å². The van der Waals surface area contributed by atoms with Gasteiger partial charge in [0.2, 0.25) is 0 Å². The largest absolute Gasteiger partial charge is 0.453 e. The number of amides is 1. The number of H-pyrrole nitrogens is 1. The molecule has 0 radical (unpaired) electrons. The summed E-state index contributed by atoms with van der Waals surface area (Å²) in [5.41, 5.74) is 0.179. The number of aromatic nitrogens is 1. The Morgan fingerprint density at radius 3 is 2.53 bits per heavy atom. The molecular formula is C31H32FN5O7S. The highest BCUT2D eigenvalue weighted by Crippen LogP contribution is 2.33. The Morgan fingerprint density at radius 1 is 1.02 bits per heavy atom. The lowest BCUT2D eigenvalue weighted by molar-refractivity contribution is -0.384. The van der Waals surface area contributed by atoms with E-state index in [1.165, 1.54) is 42.5 Å². The van der Waals surface area contributed by atoms with Crippen molar-refractivity contribution in [3.05, 3.63) is 88.4 Å². The van der Waals surface area contributed by atoms with Crippen LogP contribution in [0.15, 0.2) is 71.8 Å². The number of benzene rings is 3. The Kier molecular flexibility index (Phi) is 8.70. The fourth-order valence-electron chi connectivity index (χ4n) is 5.93. The average Bonchev–Trinajstić information content (AvgIpc) is 3.49. The maximum absolute atomic E-state index is 14.7. The highest BCUT2D eigenvalue weighted by atomic mass is 32.2. The predicted molar refractivity (Wildman–Crippen MR) is 165 cm³/mol. The van der Waals surface area contributed by atoms with Crippen LogP contribution in [0.25, 0.3) is 10.9 Å². The fourth-order valence-corrected chi connectivity index (χ4v) is 6.91. The second-order valence-corrected chi connectivity index (χ2v) is 12.8. The topological polar surface area (TPSA) is 156 Å². The van der Waals surface area contributed by atoms with Crippen LogP contribution in [-0.4, -0.2) is 67.5 Å². The average molecular weight is 638 g/mol. The zero-order valence-electron chi connectivity index (χ0n) is 24.2. The first-order valence-electron chi connectivity index (χ1n) is 14.7. The molecule has 0 unspecified atom stereocenters. The Balaban J connectivity index is 1.15. The fraction of sp³-hybridized carbons (Fsp3) is 0.323. The third-order valence-electron chi connectivity index (χ3n) is 8.28. The number of halogens is 1. The summed E-state index contributed by atoms with van der Waals surface area (Å²) in [6.45, 7) is 3.27. The van der Waals surface area contributed by atoms with E-state index in [0.717, 1.165) is 58.1 Å². The van der Waals surface area contributed by atoms with Crippen LogP contribution in [0.2, 0.25) is 0 Å². The number of anilines is 1. The molecule has 2 heterocycles. The summed E-state index contributed by atoms with van der Waals surface area (Å²) in [6.07, 6.45) is 5.18. The third-order valence-corrected chi connectivity index (χ3v) is 9.61. The Hall–Kier alpha value is -4.53. The van der Waals surface area contributed by atoms with Crippen LogP contribution in [0.4, 0.5) is 15.8 Å². The van der Waals surface area contributed by atoms with Gasteiger partial charge in [-0.3, -0.25) is 19.8 Å². The number of carbonyl (C=O) groups excluding carboxylic acids is 1. The zero-order valence-corrected chi connectivity index (χ0v) is 25.0. The van der Waals surface area contributed by atoms with Crippen molar-refractivity contribution < 1.29 is 32.0 Å². The van der Waals surface area contributed by atoms with E-state index in [0.29, 0.717) is 16.9 Å². The minimum atomic E-state index is -4.53. The van der Waals surface area contributed by atoms with Gasteiger partial charge in [-0.15, -0.1) is 0 Å². The van der Waals surface area contributed by atoms with Gasteiger partial charge in [0.05, 0.1) is 28.6 Å². The van der Waals surface area contributed by atoms with Crippen LogP contribution in [0, 0.1) is 15.9 Å². The molecule has 1 amide bonds. The number of morpholine rings is 1. The van der Waals surface area contributed by atoms with E-state index in [4.69, 9.17) is 9.47 Å². The van der Waals surface area contributed by atoms with Gasteiger partial charge >= 0.3 is 0 Å². The number of aromatic amines is 1. The van der Waals surface area contributed by atoms with Crippen LogP contribution in [-0.2, 0) is 14.8 Å². The molecule has 3 N–H and O–H groups in total. The Bertz CT molecular complexity index is 1830. The summed E-state index contributed by atoms with van der Waals surface area (Å²) in [7, 11) is -4.53. The number of rotatable bonds is 9. The summed E-state index contributed by atoms with van der Waals surface area (Å²) in [6, 6.07) is 14.2. The molecule has 14 heteroatoms. The molecule has 12 nitrogen and oxygen atoms in total. The van der Waals surface area contributed by atoms with Gasteiger partial charge in [0.25, 0.3) is 21.6 Å². The number of nitro benzene ring substituents is 1. The van der Waals surface area contributed by atoms with Gasteiger partial charge in [0.1, 0.15) is 11.4 Å². The van der Waals surface area contributed by atoms with E-state index in [9.17, 15) is 27.7 Å². The molecule has 0 spiro atoms.